The second-order valence-electron chi connectivity index (χ2n) is 2.74. The summed E-state index contributed by atoms with van der Waals surface area (Å²) in [5.74, 6) is -1.53. The number of carbonyl (C=O) groups is 1. The summed E-state index contributed by atoms with van der Waals surface area (Å²) in [5, 5.41) is 35.6. The van der Waals surface area contributed by atoms with Crippen LogP contribution in [0.2, 0.25) is 0 Å². The van der Waals surface area contributed by atoms with E-state index in [1.54, 1.807) is 0 Å². The molecule has 4 unspecified atom stereocenters. The first-order valence-electron chi connectivity index (χ1n) is 3.79. The molecule has 10 nitrogen and oxygen atoms in total. The Hall–Kier alpha value is -0.0318. The fraction of sp³-hybridized carbons (Fsp3) is 0.833. The number of rotatable bonds is 4. The van der Waals surface area contributed by atoms with Gasteiger partial charge < -0.3 is 16.4 Å². The first kappa shape index (κ1) is 22.2. The molecule has 1 radical (unpaired) electrons. The summed E-state index contributed by atoms with van der Waals surface area (Å²) in [4.78, 5) is 10.3. The van der Waals surface area contributed by atoms with Gasteiger partial charge in [0.15, 0.2) is 0 Å². The Bertz CT molecular complexity index is 213. The van der Waals surface area contributed by atoms with Crippen molar-refractivity contribution in [2.24, 2.45) is 0 Å². The van der Waals surface area contributed by atoms with E-state index in [0.717, 1.165) is 0 Å². The molecule has 0 aromatic rings. The molecule has 1 aliphatic heterocycles. The van der Waals surface area contributed by atoms with Crippen LogP contribution in [0.4, 0.5) is 0 Å². The van der Waals surface area contributed by atoms with Crippen LogP contribution in [0.5, 0.6) is 0 Å². The van der Waals surface area contributed by atoms with E-state index in [1.165, 1.54) is 0 Å². The molecule has 0 aromatic heterocycles. The van der Waals surface area contributed by atoms with Crippen LogP contribution in [0.15, 0.2) is 0 Å². The Morgan fingerprint density at radius 1 is 1.24 bits per heavy atom. The average molecular weight is 370 g/mol. The maximum atomic E-state index is 10.3. The van der Waals surface area contributed by atoms with Crippen molar-refractivity contribution in [1.29, 1.82) is 0 Å². The number of aliphatic hydroxyl groups is 3. The van der Waals surface area contributed by atoms with Crippen LogP contribution in [-0.4, -0.2) is 96.3 Å². The molecule has 0 bridgehead atoms. The second-order valence-corrected chi connectivity index (χ2v) is 4.37. The number of hydrogen-bond acceptors (Lipinski definition) is 6. The molecular formula is C6H16O10Sb. The minimum atomic E-state index is -1.92. The third kappa shape index (κ3) is 5.42. The van der Waals surface area contributed by atoms with E-state index in [-0.39, 0.29) is 23.0 Å². The van der Waals surface area contributed by atoms with Crippen LogP contribution >= 0.6 is 0 Å². The molecule has 0 saturated carbocycles. The fourth-order valence-electron chi connectivity index (χ4n) is 1.00. The van der Waals surface area contributed by atoms with Crippen molar-refractivity contribution in [1.82, 2.24) is 0 Å². The van der Waals surface area contributed by atoms with Gasteiger partial charge in [-0.1, -0.05) is 0 Å². The summed E-state index contributed by atoms with van der Waals surface area (Å²) in [6.07, 6.45) is -5.20. The molecule has 0 aliphatic carbocycles. The van der Waals surface area contributed by atoms with Crippen LogP contribution in [-0.2, 0) is 10.8 Å². The molecule has 0 aromatic carbocycles. The first-order valence-corrected chi connectivity index (χ1v) is 5.88. The molecular weight excluding hydrogens is 354 g/mol. The van der Waals surface area contributed by atoms with Crippen molar-refractivity contribution in [2.45, 2.75) is 24.4 Å². The predicted molar refractivity (Wildman–Crippen MR) is 53.1 cm³/mol. The Morgan fingerprint density at radius 2 is 1.76 bits per heavy atom. The molecule has 4 atom stereocenters. The maximum absolute atomic E-state index is 10.3. The van der Waals surface area contributed by atoms with Crippen molar-refractivity contribution < 1.29 is 47.7 Å². The number of carboxylic acids is 1. The molecule has 11 heteroatoms. The zero-order valence-electron chi connectivity index (χ0n) is 8.48. The molecule has 0 amide bonds. The van der Waals surface area contributed by atoms with Gasteiger partial charge in [-0.15, -0.1) is 0 Å². The summed E-state index contributed by atoms with van der Waals surface area (Å²) in [5.41, 5.74) is 0. The van der Waals surface area contributed by atoms with Crippen molar-refractivity contribution in [3.8, 4) is 0 Å². The SMILES string of the molecule is O.O.O.O=C(O)C(O)C(O)C1[O][Sb][O]C1CO. The van der Waals surface area contributed by atoms with Crippen LogP contribution < -0.4 is 0 Å². The van der Waals surface area contributed by atoms with E-state index in [1.807, 2.05) is 0 Å². The van der Waals surface area contributed by atoms with Crippen molar-refractivity contribution in [3.63, 3.8) is 0 Å². The van der Waals surface area contributed by atoms with Crippen molar-refractivity contribution in [3.05, 3.63) is 0 Å². The monoisotopic (exact) mass is 369 g/mol. The van der Waals surface area contributed by atoms with Crippen molar-refractivity contribution in [2.75, 3.05) is 6.61 Å². The molecule has 1 saturated heterocycles. The van der Waals surface area contributed by atoms with E-state index in [4.69, 9.17) is 21.4 Å². The quantitative estimate of drug-likeness (QED) is 0.352. The van der Waals surface area contributed by atoms with Gasteiger partial charge in [0, 0.05) is 0 Å². The van der Waals surface area contributed by atoms with E-state index in [2.05, 4.69) is 0 Å². The summed E-state index contributed by atoms with van der Waals surface area (Å²) in [7, 11) is 0. The van der Waals surface area contributed by atoms with Gasteiger partial charge in [0.1, 0.15) is 0 Å². The molecule has 1 rings (SSSR count). The van der Waals surface area contributed by atoms with Crippen molar-refractivity contribution >= 4 is 28.4 Å². The molecule has 10 N–H and O–H groups in total. The predicted octanol–water partition coefficient (Wildman–Crippen LogP) is -5.37. The summed E-state index contributed by atoms with van der Waals surface area (Å²) in [6.45, 7) is -0.371. The number of hydrogen-bond donors (Lipinski definition) is 4. The van der Waals surface area contributed by atoms with Crippen LogP contribution in [0.3, 0.4) is 0 Å². The Labute approximate surface area is 107 Å². The molecule has 0 spiro atoms. The van der Waals surface area contributed by atoms with Crippen LogP contribution in [0.25, 0.3) is 0 Å². The minimum absolute atomic E-state index is 0. The van der Waals surface area contributed by atoms with Gasteiger partial charge in [-0.3, -0.25) is 0 Å². The van der Waals surface area contributed by atoms with Crippen LogP contribution in [0.1, 0.15) is 0 Å². The Kier molecular flexibility index (Phi) is 13.0. The van der Waals surface area contributed by atoms with Gasteiger partial charge >= 0.3 is 90.7 Å². The first-order chi connectivity index (χ1) is 6.57. The second kappa shape index (κ2) is 9.94. The molecule has 1 heterocycles. The van der Waals surface area contributed by atoms with Gasteiger partial charge in [-0.05, 0) is 0 Å². The zero-order chi connectivity index (χ0) is 10.7. The molecule has 105 valence electrons. The van der Waals surface area contributed by atoms with Gasteiger partial charge in [0.05, 0.1) is 0 Å². The van der Waals surface area contributed by atoms with Gasteiger partial charge in [-0.25, -0.2) is 0 Å². The summed E-state index contributed by atoms with van der Waals surface area (Å²) >= 11 is -1.38. The molecule has 17 heavy (non-hydrogen) atoms. The van der Waals surface area contributed by atoms with E-state index in [0.29, 0.717) is 0 Å². The molecule has 1 fully saturated rings. The number of aliphatic carboxylic acids is 1. The van der Waals surface area contributed by atoms with E-state index >= 15 is 0 Å². The summed E-state index contributed by atoms with van der Waals surface area (Å²) in [6, 6.07) is 0. The number of carboxylic acid groups (broad SMARTS) is 1. The Morgan fingerprint density at radius 3 is 2.18 bits per heavy atom. The van der Waals surface area contributed by atoms with Crippen LogP contribution in [0, 0.1) is 0 Å². The van der Waals surface area contributed by atoms with E-state index < -0.39 is 52.8 Å². The zero-order valence-corrected chi connectivity index (χ0v) is 11.0. The van der Waals surface area contributed by atoms with Gasteiger partial charge in [0.2, 0.25) is 0 Å². The third-order valence-corrected chi connectivity index (χ3v) is 3.76. The Balaban J connectivity index is -0.000000653. The topological polar surface area (TPSA) is 211 Å². The average Bonchev–Trinajstić information content (AvgIpc) is 2.62. The summed E-state index contributed by atoms with van der Waals surface area (Å²) < 4.78 is 9.96. The number of aliphatic hydroxyl groups excluding tert-OH is 3. The normalized spacial score (nSPS) is 25.8. The standard InChI is InChI=1S/C6H10O7.3H2O.Sb/c7-1-2(8)3(9)4(10)5(11)6(12)13;;;;/h2-5,7,10-11H,1H2,(H,12,13);3*1H2;/q-2;;;;+2. The van der Waals surface area contributed by atoms with Gasteiger partial charge in [0.25, 0.3) is 0 Å². The van der Waals surface area contributed by atoms with Gasteiger partial charge in [-0.2, -0.15) is 0 Å². The van der Waals surface area contributed by atoms with E-state index in [9.17, 15) is 9.90 Å². The fourth-order valence-corrected chi connectivity index (χ4v) is 3.02. The molecule has 1 aliphatic rings. The third-order valence-electron chi connectivity index (χ3n) is 1.80.